The van der Waals surface area contributed by atoms with Gasteiger partial charge in [-0.3, -0.25) is 4.55 Å². The van der Waals surface area contributed by atoms with E-state index in [2.05, 4.69) is 10.2 Å². The van der Waals surface area contributed by atoms with Gasteiger partial charge in [-0.15, -0.1) is 5.11 Å². The van der Waals surface area contributed by atoms with Gasteiger partial charge in [0, 0.05) is 0 Å². The predicted octanol–water partition coefficient (Wildman–Crippen LogP) is 4.66. The molecule has 0 atom stereocenters. The van der Waals surface area contributed by atoms with Gasteiger partial charge in [0.1, 0.15) is 10.6 Å². The quantitative estimate of drug-likeness (QED) is 0.656. The molecule has 1 N–H and O–H groups in total. The van der Waals surface area contributed by atoms with Crippen molar-refractivity contribution in [3.8, 4) is 0 Å². The van der Waals surface area contributed by atoms with E-state index in [-0.39, 0.29) is 15.7 Å². The van der Waals surface area contributed by atoms with Crippen LogP contribution in [0, 0.1) is 0 Å². The van der Waals surface area contributed by atoms with Crippen LogP contribution in [0.4, 0.5) is 11.4 Å². The summed E-state index contributed by atoms with van der Waals surface area (Å²) in [4.78, 5) is -0.470. The van der Waals surface area contributed by atoms with E-state index in [0.717, 1.165) is 6.07 Å². The molecule has 0 aromatic heterocycles. The van der Waals surface area contributed by atoms with Crippen LogP contribution < -0.4 is 0 Å². The first-order chi connectivity index (χ1) is 9.38. The van der Waals surface area contributed by atoms with Crippen LogP contribution in [0.25, 0.3) is 0 Å². The van der Waals surface area contributed by atoms with E-state index in [4.69, 9.17) is 27.8 Å². The Hall–Kier alpha value is -1.47. The molecular formula is C12H8Cl2N2O3S. The van der Waals surface area contributed by atoms with Crippen molar-refractivity contribution in [2.24, 2.45) is 10.2 Å². The normalized spacial score (nSPS) is 11.9. The van der Waals surface area contributed by atoms with E-state index in [1.165, 1.54) is 6.07 Å². The van der Waals surface area contributed by atoms with Gasteiger partial charge in [-0.2, -0.15) is 13.5 Å². The van der Waals surface area contributed by atoms with E-state index in [1.807, 2.05) is 6.07 Å². The zero-order valence-electron chi connectivity index (χ0n) is 9.86. The molecule has 104 valence electrons. The highest BCUT2D eigenvalue weighted by Gasteiger charge is 2.17. The second-order valence-electron chi connectivity index (χ2n) is 3.74. The van der Waals surface area contributed by atoms with Crippen LogP contribution in [0.15, 0.2) is 57.6 Å². The first-order valence-electron chi connectivity index (χ1n) is 5.31. The van der Waals surface area contributed by atoms with E-state index in [0.29, 0.717) is 5.69 Å². The Labute approximate surface area is 125 Å². The van der Waals surface area contributed by atoms with Gasteiger partial charge in [-0.05, 0) is 24.3 Å². The maximum Gasteiger partial charge on any atom is 0.296 e. The van der Waals surface area contributed by atoms with Gasteiger partial charge in [0.2, 0.25) is 0 Å². The molecule has 0 aliphatic rings. The van der Waals surface area contributed by atoms with Gasteiger partial charge in [-0.25, -0.2) is 0 Å². The molecule has 0 saturated heterocycles. The topological polar surface area (TPSA) is 79.1 Å². The van der Waals surface area contributed by atoms with E-state index >= 15 is 0 Å². The molecule has 20 heavy (non-hydrogen) atoms. The number of benzene rings is 2. The minimum atomic E-state index is -4.43. The zero-order valence-corrected chi connectivity index (χ0v) is 12.2. The molecule has 0 amide bonds. The Kier molecular flexibility index (Phi) is 4.39. The fraction of sp³-hybridized carbons (Fsp3) is 0. The summed E-state index contributed by atoms with van der Waals surface area (Å²) in [5.41, 5.74) is 0.812. The van der Waals surface area contributed by atoms with Crippen LogP contribution in [0.1, 0.15) is 0 Å². The van der Waals surface area contributed by atoms with Crippen molar-refractivity contribution < 1.29 is 13.0 Å². The third-order valence-corrected chi connectivity index (χ3v) is 3.93. The lowest BCUT2D eigenvalue weighted by atomic mass is 10.3. The molecular weight excluding hydrogens is 323 g/mol. The Morgan fingerprint density at radius 3 is 2.20 bits per heavy atom. The van der Waals surface area contributed by atoms with Crippen LogP contribution in [0.5, 0.6) is 0 Å². The number of hydrogen-bond donors (Lipinski definition) is 1. The van der Waals surface area contributed by atoms with Gasteiger partial charge in [0.15, 0.2) is 0 Å². The number of nitrogens with zero attached hydrogens (tertiary/aromatic N) is 2. The second kappa shape index (κ2) is 5.88. The van der Waals surface area contributed by atoms with Crippen LogP contribution in [0.2, 0.25) is 10.0 Å². The van der Waals surface area contributed by atoms with Crippen molar-refractivity contribution in [3.63, 3.8) is 0 Å². The largest absolute Gasteiger partial charge is 0.296 e. The van der Waals surface area contributed by atoms with Gasteiger partial charge in [-0.1, -0.05) is 41.4 Å². The summed E-state index contributed by atoms with van der Waals surface area (Å²) in [5.74, 6) is 0. The fourth-order valence-electron chi connectivity index (χ4n) is 1.40. The molecule has 2 aromatic carbocycles. The Bertz CT molecular complexity index is 762. The molecule has 0 aliphatic heterocycles. The summed E-state index contributed by atoms with van der Waals surface area (Å²) in [6.45, 7) is 0. The van der Waals surface area contributed by atoms with Crippen LogP contribution >= 0.6 is 23.2 Å². The molecule has 0 bridgehead atoms. The molecule has 2 aromatic rings. The van der Waals surface area contributed by atoms with Crippen molar-refractivity contribution in [3.05, 3.63) is 52.5 Å². The van der Waals surface area contributed by atoms with Crippen molar-refractivity contribution >= 4 is 44.7 Å². The maximum absolute atomic E-state index is 11.1. The highest BCUT2D eigenvalue weighted by Crippen LogP contribution is 2.34. The van der Waals surface area contributed by atoms with Gasteiger partial charge < -0.3 is 0 Å². The molecule has 0 unspecified atom stereocenters. The fourth-order valence-corrected chi connectivity index (χ4v) is 2.69. The molecule has 0 radical (unpaired) electrons. The third-order valence-electron chi connectivity index (χ3n) is 2.31. The second-order valence-corrected chi connectivity index (χ2v) is 5.95. The molecule has 0 spiro atoms. The smallest absolute Gasteiger partial charge is 0.282 e. The third kappa shape index (κ3) is 3.55. The SMILES string of the molecule is O=S(=O)(O)c1cc(Cl)c(N=Nc2ccccc2)cc1Cl. The van der Waals surface area contributed by atoms with Crippen molar-refractivity contribution in [2.45, 2.75) is 4.90 Å². The summed E-state index contributed by atoms with van der Waals surface area (Å²) in [7, 11) is -4.43. The van der Waals surface area contributed by atoms with Gasteiger partial charge >= 0.3 is 0 Å². The first-order valence-corrected chi connectivity index (χ1v) is 7.51. The number of rotatable bonds is 3. The van der Waals surface area contributed by atoms with E-state index < -0.39 is 15.0 Å². The van der Waals surface area contributed by atoms with E-state index in [9.17, 15) is 8.42 Å². The summed E-state index contributed by atoms with van der Waals surface area (Å²) >= 11 is 11.7. The molecule has 5 nitrogen and oxygen atoms in total. The average Bonchev–Trinajstić information content (AvgIpc) is 2.39. The Morgan fingerprint density at radius 1 is 0.950 bits per heavy atom. The summed E-state index contributed by atoms with van der Waals surface area (Å²) < 4.78 is 31.1. The Balaban J connectivity index is 2.40. The predicted molar refractivity (Wildman–Crippen MR) is 76.9 cm³/mol. The zero-order chi connectivity index (χ0) is 14.8. The van der Waals surface area contributed by atoms with Crippen molar-refractivity contribution in [1.29, 1.82) is 0 Å². The van der Waals surface area contributed by atoms with Gasteiger partial charge in [0.25, 0.3) is 10.1 Å². The lowest BCUT2D eigenvalue weighted by molar-refractivity contribution is 0.483. The average molecular weight is 331 g/mol. The minimum absolute atomic E-state index is 0.0155. The molecule has 2 rings (SSSR count). The van der Waals surface area contributed by atoms with Crippen molar-refractivity contribution in [2.75, 3.05) is 0 Å². The van der Waals surface area contributed by atoms with Gasteiger partial charge in [0.05, 0.1) is 15.7 Å². The summed E-state index contributed by atoms with van der Waals surface area (Å²) in [6, 6.07) is 11.2. The summed E-state index contributed by atoms with van der Waals surface area (Å²) in [6.07, 6.45) is 0. The van der Waals surface area contributed by atoms with Crippen LogP contribution in [-0.2, 0) is 10.1 Å². The lowest BCUT2D eigenvalue weighted by Crippen LogP contribution is -1.98. The molecule has 0 heterocycles. The highest BCUT2D eigenvalue weighted by atomic mass is 35.5. The molecule has 0 fully saturated rings. The Morgan fingerprint density at radius 2 is 1.60 bits per heavy atom. The molecule has 8 heteroatoms. The van der Waals surface area contributed by atoms with Crippen molar-refractivity contribution in [1.82, 2.24) is 0 Å². The molecule has 0 aliphatic carbocycles. The minimum Gasteiger partial charge on any atom is -0.282 e. The lowest BCUT2D eigenvalue weighted by Gasteiger charge is -2.03. The highest BCUT2D eigenvalue weighted by molar-refractivity contribution is 7.86. The van der Waals surface area contributed by atoms with E-state index in [1.54, 1.807) is 24.3 Å². The maximum atomic E-state index is 11.1. The monoisotopic (exact) mass is 330 g/mol. The molecule has 0 saturated carbocycles. The standard InChI is InChI=1S/C12H8Cl2N2O3S/c13-9-7-12(20(17,18)19)10(14)6-11(9)16-15-8-4-2-1-3-5-8/h1-7H,(H,17,18,19). The first kappa shape index (κ1) is 14.9. The summed E-state index contributed by atoms with van der Waals surface area (Å²) in [5, 5.41) is 7.67. The van der Waals surface area contributed by atoms with Crippen LogP contribution in [-0.4, -0.2) is 13.0 Å². The number of azo groups is 1. The number of halogens is 2. The number of hydrogen-bond acceptors (Lipinski definition) is 4. The van der Waals surface area contributed by atoms with Crippen LogP contribution in [0.3, 0.4) is 0 Å².